The number of nitrogens with zero attached hydrogens (tertiary/aromatic N) is 3. The summed E-state index contributed by atoms with van der Waals surface area (Å²) in [4.78, 5) is 13.0. The van der Waals surface area contributed by atoms with E-state index in [1.807, 2.05) is 78.9 Å². The Morgan fingerprint density at radius 1 is 0.788 bits per heavy atom. The molecule has 0 aliphatic carbocycles. The van der Waals surface area contributed by atoms with Gasteiger partial charge in [0, 0.05) is 41.7 Å². The molecule has 2 saturated heterocycles. The van der Waals surface area contributed by atoms with Gasteiger partial charge < -0.3 is 9.84 Å². The van der Waals surface area contributed by atoms with E-state index < -0.39 is 26.1 Å². The normalized spacial score (nSPS) is 21.3. The summed E-state index contributed by atoms with van der Waals surface area (Å²) in [5.41, 5.74) is 1.82. The van der Waals surface area contributed by atoms with Crippen LogP contribution in [0.4, 0.5) is 5.69 Å². The molecule has 5 aromatic rings. The number of ether oxygens (including phenoxy) is 1. The molecule has 2 heterocycles. The van der Waals surface area contributed by atoms with Gasteiger partial charge in [-0.2, -0.15) is 4.31 Å². The number of hydrogen-bond donors (Lipinski definition) is 1. The zero-order valence-electron chi connectivity index (χ0n) is 28.5. The Labute approximate surface area is 312 Å². The molecule has 2 fully saturated rings. The molecular weight excluding hydrogens is 742 g/mol. The van der Waals surface area contributed by atoms with Crippen molar-refractivity contribution in [3.63, 3.8) is 0 Å². The number of aliphatic hydroxyl groups is 1. The monoisotopic (exact) mass is 781 g/mol. The lowest BCUT2D eigenvalue weighted by atomic mass is 9.64. The molecule has 1 N–H and O–H groups in total. The minimum absolute atomic E-state index is 0.0175. The maximum atomic E-state index is 14.2. The second-order valence-electron chi connectivity index (χ2n) is 13.4. The fourth-order valence-corrected chi connectivity index (χ4v) is 10.0. The van der Waals surface area contributed by atoms with Gasteiger partial charge in [0.05, 0.1) is 28.6 Å². The van der Waals surface area contributed by atoms with E-state index in [1.54, 1.807) is 0 Å². The fourth-order valence-electron chi connectivity index (χ4n) is 8.20. The van der Waals surface area contributed by atoms with Crippen LogP contribution in [0.5, 0.6) is 0 Å². The van der Waals surface area contributed by atoms with E-state index >= 15 is 0 Å². The molecule has 9 nitrogen and oxygen atoms in total. The molecule has 268 valence electrons. The summed E-state index contributed by atoms with van der Waals surface area (Å²) < 4.78 is 38.1. The van der Waals surface area contributed by atoms with Crippen LogP contribution in [0.2, 0.25) is 0 Å². The van der Waals surface area contributed by atoms with Crippen LogP contribution in [-0.4, -0.2) is 72.1 Å². The van der Waals surface area contributed by atoms with E-state index in [4.69, 9.17) is 4.74 Å². The summed E-state index contributed by atoms with van der Waals surface area (Å²) in [5, 5.41) is 22.7. The van der Waals surface area contributed by atoms with Crippen molar-refractivity contribution in [3.8, 4) is 0 Å². The molecule has 5 aromatic carbocycles. The fraction of sp³-hybridized carbons (Fsp3) is 0.268. The van der Waals surface area contributed by atoms with Gasteiger partial charge in [-0.1, -0.05) is 119 Å². The Bertz CT molecular complexity index is 1990. The third-order valence-electron chi connectivity index (χ3n) is 10.6. The zero-order valence-corrected chi connectivity index (χ0v) is 30.9. The van der Waals surface area contributed by atoms with E-state index in [2.05, 4.69) is 57.2 Å². The highest BCUT2D eigenvalue weighted by Gasteiger charge is 2.62. The molecule has 2 aliphatic rings. The molecule has 0 unspecified atom stereocenters. The Morgan fingerprint density at radius 2 is 1.31 bits per heavy atom. The van der Waals surface area contributed by atoms with E-state index in [0.717, 1.165) is 26.7 Å². The molecule has 11 heteroatoms. The van der Waals surface area contributed by atoms with E-state index in [1.165, 1.54) is 28.6 Å². The minimum atomic E-state index is -4.05. The minimum Gasteiger partial charge on any atom is -0.394 e. The van der Waals surface area contributed by atoms with Gasteiger partial charge in [-0.15, -0.1) is 0 Å². The average molecular weight is 783 g/mol. The van der Waals surface area contributed by atoms with Gasteiger partial charge in [0.1, 0.15) is 5.60 Å². The van der Waals surface area contributed by atoms with Gasteiger partial charge in [-0.3, -0.25) is 15.0 Å². The number of sulfonamides is 1. The Morgan fingerprint density at radius 3 is 1.81 bits per heavy atom. The van der Waals surface area contributed by atoms with Crippen LogP contribution >= 0.6 is 15.9 Å². The topological polar surface area (TPSA) is 113 Å². The molecule has 3 atom stereocenters. The predicted molar refractivity (Wildman–Crippen MR) is 203 cm³/mol. The number of non-ortho nitro benzene ring substituents is 1. The van der Waals surface area contributed by atoms with Crippen molar-refractivity contribution in [1.29, 1.82) is 0 Å². The number of fused-ring (bicyclic) bond motifs is 1. The summed E-state index contributed by atoms with van der Waals surface area (Å²) in [6.45, 7) is 0.972. The van der Waals surface area contributed by atoms with E-state index in [0.29, 0.717) is 19.4 Å². The van der Waals surface area contributed by atoms with Crippen LogP contribution < -0.4 is 0 Å². The number of rotatable bonds is 11. The first-order valence-electron chi connectivity index (χ1n) is 17.4. The SMILES string of the molecule is O=[N+]([O-])c1ccc(S(=O)(=O)N2CCCCN3[C@H](COC(c4ccccc4)(c4ccccc4)c4ccccc4)[C@H](c4ccc(Br)cc4)[C@]3(CO)C2)cc1. The predicted octanol–water partition coefficient (Wildman–Crippen LogP) is 7.35. The van der Waals surface area contributed by atoms with Crippen molar-refractivity contribution in [1.82, 2.24) is 9.21 Å². The summed E-state index contributed by atoms with van der Waals surface area (Å²) in [6.07, 6.45) is 1.32. The highest BCUT2D eigenvalue weighted by atomic mass is 79.9. The van der Waals surface area contributed by atoms with Gasteiger partial charge in [0.2, 0.25) is 10.0 Å². The molecule has 0 saturated carbocycles. The number of nitro groups is 1. The molecule has 0 spiro atoms. The second kappa shape index (κ2) is 15.0. The summed E-state index contributed by atoms with van der Waals surface area (Å²) in [6, 6.07) is 43.4. The maximum absolute atomic E-state index is 14.2. The Kier molecular flexibility index (Phi) is 10.4. The first-order valence-corrected chi connectivity index (χ1v) is 19.6. The Balaban J connectivity index is 1.30. The van der Waals surface area contributed by atoms with Gasteiger partial charge in [-0.05, 0) is 65.9 Å². The van der Waals surface area contributed by atoms with Gasteiger partial charge in [0.25, 0.3) is 5.69 Å². The standard InChI is InChI=1S/C41H40BrN3O6S/c42-35-20-18-31(19-21-35)39-38(28-51-41(32-12-4-1-5-13-32,33-14-6-2-7-15-33)34-16-8-3-9-17-34)44-27-11-10-26-43(29-40(39,44)30-46)52(49,50)37-24-22-36(23-25-37)45(47)48/h1-9,12-25,38-39,46H,10-11,26-30H2/t38-,39+,40-/m1/s1. The Hall–Kier alpha value is -4.23. The maximum Gasteiger partial charge on any atom is 0.269 e. The molecule has 0 amide bonds. The second-order valence-corrected chi connectivity index (χ2v) is 16.3. The van der Waals surface area contributed by atoms with Crippen molar-refractivity contribution in [2.24, 2.45) is 0 Å². The summed E-state index contributed by atoms with van der Waals surface area (Å²) in [5.74, 6) is -0.293. The van der Waals surface area contributed by atoms with Crippen molar-refractivity contribution >= 4 is 31.6 Å². The summed E-state index contributed by atoms with van der Waals surface area (Å²) in [7, 11) is -4.05. The lowest BCUT2D eigenvalue weighted by molar-refractivity contribution is -0.384. The average Bonchev–Trinajstić information content (AvgIpc) is 3.17. The van der Waals surface area contributed by atoms with Gasteiger partial charge in [0.15, 0.2) is 0 Å². The van der Waals surface area contributed by atoms with Crippen LogP contribution in [0.25, 0.3) is 0 Å². The molecule has 0 aromatic heterocycles. The molecule has 52 heavy (non-hydrogen) atoms. The van der Waals surface area contributed by atoms with E-state index in [-0.39, 0.29) is 48.8 Å². The van der Waals surface area contributed by atoms with Crippen LogP contribution in [0.1, 0.15) is 41.0 Å². The third-order valence-corrected chi connectivity index (χ3v) is 13.0. The smallest absolute Gasteiger partial charge is 0.269 e. The molecule has 0 bridgehead atoms. The summed E-state index contributed by atoms with van der Waals surface area (Å²) >= 11 is 3.57. The van der Waals surface area contributed by atoms with Crippen LogP contribution in [0.15, 0.2) is 149 Å². The van der Waals surface area contributed by atoms with Crippen molar-refractivity contribution in [2.75, 3.05) is 32.8 Å². The quantitative estimate of drug-likeness (QED) is 0.0848. The van der Waals surface area contributed by atoms with E-state index in [9.17, 15) is 23.6 Å². The number of benzene rings is 5. The van der Waals surface area contributed by atoms with Crippen LogP contribution in [0, 0.1) is 10.1 Å². The first-order chi connectivity index (χ1) is 25.2. The largest absolute Gasteiger partial charge is 0.394 e. The highest BCUT2D eigenvalue weighted by Crippen LogP contribution is 2.52. The number of hydrogen-bond acceptors (Lipinski definition) is 7. The van der Waals surface area contributed by atoms with Gasteiger partial charge >= 0.3 is 0 Å². The van der Waals surface area contributed by atoms with Gasteiger partial charge in [-0.25, -0.2) is 8.42 Å². The van der Waals surface area contributed by atoms with Crippen LogP contribution in [-0.2, 0) is 20.4 Å². The first kappa shape index (κ1) is 36.1. The molecular formula is C41H40BrN3O6S. The highest BCUT2D eigenvalue weighted by molar-refractivity contribution is 9.10. The number of nitro benzene ring substituents is 1. The van der Waals surface area contributed by atoms with Crippen LogP contribution in [0.3, 0.4) is 0 Å². The number of aliphatic hydroxyl groups excluding tert-OH is 1. The third kappa shape index (κ3) is 6.50. The lowest BCUT2D eigenvalue weighted by Gasteiger charge is -2.65. The van der Waals surface area contributed by atoms with Crippen molar-refractivity contribution in [3.05, 3.63) is 176 Å². The lowest BCUT2D eigenvalue weighted by Crippen LogP contribution is -2.78. The van der Waals surface area contributed by atoms with Crippen molar-refractivity contribution in [2.45, 2.75) is 40.8 Å². The molecule has 2 aliphatic heterocycles. The van der Waals surface area contributed by atoms with Crippen molar-refractivity contribution < 1.29 is 23.2 Å². The molecule has 7 rings (SSSR count). The molecule has 0 radical (unpaired) electrons. The zero-order chi connectivity index (χ0) is 36.3. The number of halogens is 1.